The maximum Gasteiger partial charge on any atom is 0.263 e. The van der Waals surface area contributed by atoms with Gasteiger partial charge in [-0.3, -0.25) is 4.79 Å². The normalized spacial score (nSPS) is 10.4. The molecule has 0 aliphatic carbocycles. The Kier molecular flexibility index (Phi) is 3.67. The molecule has 0 saturated carbocycles. The van der Waals surface area contributed by atoms with Crippen molar-refractivity contribution in [2.24, 2.45) is 10.9 Å². The lowest BCUT2D eigenvalue weighted by molar-refractivity contribution is -0.111. The van der Waals surface area contributed by atoms with E-state index in [0.717, 1.165) is 18.2 Å². The van der Waals surface area contributed by atoms with Gasteiger partial charge in [0.25, 0.3) is 5.91 Å². The highest BCUT2D eigenvalue weighted by Gasteiger charge is 1.99. The van der Waals surface area contributed by atoms with Crippen LogP contribution in [0.25, 0.3) is 0 Å². The molecule has 0 aromatic heterocycles. The maximum atomic E-state index is 10.3. The van der Waals surface area contributed by atoms with E-state index in [0.29, 0.717) is 5.75 Å². The Labute approximate surface area is 82.4 Å². The van der Waals surface area contributed by atoms with Crippen LogP contribution < -0.4 is 10.6 Å². The molecule has 0 aliphatic heterocycles. The Balaban J connectivity index is 2.71. The predicted molar refractivity (Wildman–Crippen MR) is 54.1 cm³/mol. The van der Waals surface area contributed by atoms with Crippen LogP contribution >= 0.6 is 0 Å². The van der Waals surface area contributed by atoms with E-state index in [1.165, 1.54) is 0 Å². The van der Waals surface area contributed by atoms with Gasteiger partial charge in [-0.15, -0.1) is 0 Å². The zero-order chi connectivity index (χ0) is 10.4. The first kappa shape index (κ1) is 10.2. The molecule has 2 N–H and O–H groups in total. The summed E-state index contributed by atoms with van der Waals surface area (Å²) in [6, 6.07) is 7.49. The predicted octanol–water partition coefficient (Wildman–Crippen LogP) is 1.10. The molecule has 0 bridgehead atoms. The summed E-state index contributed by atoms with van der Waals surface area (Å²) in [5.41, 5.74) is 5.90. The topological polar surface area (TPSA) is 64.7 Å². The lowest BCUT2D eigenvalue weighted by atomic mass is 10.1. The highest BCUT2D eigenvalue weighted by atomic mass is 16.6. The van der Waals surface area contributed by atoms with E-state index in [9.17, 15) is 4.79 Å². The van der Waals surface area contributed by atoms with Crippen LogP contribution in [0.15, 0.2) is 29.4 Å². The first-order valence-electron chi connectivity index (χ1n) is 4.31. The van der Waals surface area contributed by atoms with Gasteiger partial charge >= 0.3 is 0 Å². The number of rotatable bonds is 4. The van der Waals surface area contributed by atoms with Gasteiger partial charge in [-0.2, -0.15) is 0 Å². The van der Waals surface area contributed by atoms with E-state index in [1.54, 1.807) is 6.07 Å². The first-order valence-corrected chi connectivity index (χ1v) is 4.31. The van der Waals surface area contributed by atoms with Crippen molar-refractivity contribution < 1.29 is 9.63 Å². The molecule has 14 heavy (non-hydrogen) atoms. The fraction of sp³-hybridized carbons (Fsp3) is 0.200. The third-order valence-corrected chi connectivity index (χ3v) is 1.68. The molecule has 1 amide bonds. The molecule has 0 saturated heterocycles. The molecular formula is C10H12N2O2. The summed E-state index contributed by atoms with van der Waals surface area (Å²) in [6.07, 6.45) is 1.79. The molecular weight excluding hydrogens is 180 g/mol. The van der Waals surface area contributed by atoms with Crippen molar-refractivity contribution in [1.82, 2.24) is 0 Å². The first-order chi connectivity index (χ1) is 6.74. The van der Waals surface area contributed by atoms with Crippen LogP contribution in [-0.2, 0) is 11.2 Å². The molecule has 0 radical (unpaired) electrons. The average Bonchev–Trinajstić information content (AvgIpc) is 2.18. The monoisotopic (exact) mass is 192 g/mol. The van der Waals surface area contributed by atoms with Gasteiger partial charge in [-0.05, 0) is 18.1 Å². The van der Waals surface area contributed by atoms with E-state index in [2.05, 4.69) is 5.16 Å². The van der Waals surface area contributed by atoms with Crippen LogP contribution in [0, 0.1) is 0 Å². The van der Waals surface area contributed by atoms with Gasteiger partial charge in [-0.1, -0.05) is 30.3 Å². The van der Waals surface area contributed by atoms with Crippen LogP contribution in [0.3, 0.4) is 0 Å². The molecule has 0 unspecified atom stereocenters. The minimum absolute atomic E-state index is 0.626. The summed E-state index contributed by atoms with van der Waals surface area (Å²) in [4.78, 5) is 15.3. The molecule has 1 aromatic carbocycles. The minimum Gasteiger partial charge on any atom is -0.365 e. The van der Waals surface area contributed by atoms with Gasteiger partial charge in [0.2, 0.25) is 0 Å². The van der Waals surface area contributed by atoms with Crippen molar-refractivity contribution in [2.75, 3.05) is 0 Å². The standard InChI is InChI=1S/C10H12N2O2/c1-2-8-5-3-4-6-9(8)14-12-7-10(11)13/h3-7H,2H2,1H3,(H2,11,13)/b12-7+. The summed E-state index contributed by atoms with van der Waals surface area (Å²) < 4.78 is 0. The average molecular weight is 192 g/mol. The Hall–Kier alpha value is -1.84. The quantitative estimate of drug-likeness (QED) is 0.573. The van der Waals surface area contributed by atoms with Gasteiger partial charge in [-0.25, -0.2) is 0 Å². The summed E-state index contributed by atoms with van der Waals surface area (Å²) in [5.74, 6) is 0.0199. The van der Waals surface area contributed by atoms with Crippen LogP contribution in [-0.4, -0.2) is 12.1 Å². The second kappa shape index (κ2) is 5.01. The smallest absolute Gasteiger partial charge is 0.263 e. The van der Waals surface area contributed by atoms with E-state index in [1.807, 2.05) is 25.1 Å². The second-order valence-electron chi connectivity index (χ2n) is 2.69. The van der Waals surface area contributed by atoms with E-state index < -0.39 is 5.91 Å². The summed E-state index contributed by atoms with van der Waals surface area (Å²) >= 11 is 0. The zero-order valence-electron chi connectivity index (χ0n) is 7.93. The SMILES string of the molecule is CCc1ccccc1O/N=C/C(N)=O. The van der Waals surface area contributed by atoms with Crippen molar-refractivity contribution in [3.05, 3.63) is 29.8 Å². The third-order valence-electron chi connectivity index (χ3n) is 1.68. The number of hydrogen-bond donors (Lipinski definition) is 1. The Morgan fingerprint density at radius 2 is 2.29 bits per heavy atom. The Bertz CT molecular complexity index is 348. The number of aryl methyl sites for hydroxylation is 1. The van der Waals surface area contributed by atoms with Crippen molar-refractivity contribution in [3.8, 4) is 5.75 Å². The molecule has 4 nitrogen and oxygen atoms in total. The number of nitrogens with zero attached hydrogens (tertiary/aromatic N) is 1. The molecule has 74 valence electrons. The highest BCUT2D eigenvalue weighted by Crippen LogP contribution is 2.17. The molecule has 0 aliphatic rings. The van der Waals surface area contributed by atoms with Crippen molar-refractivity contribution in [3.63, 3.8) is 0 Å². The summed E-state index contributed by atoms with van der Waals surface area (Å²) in [6.45, 7) is 2.01. The lowest BCUT2D eigenvalue weighted by Gasteiger charge is -2.03. The largest absolute Gasteiger partial charge is 0.365 e. The summed E-state index contributed by atoms with van der Waals surface area (Å²) in [5, 5.41) is 3.45. The van der Waals surface area contributed by atoms with Crippen LogP contribution in [0.1, 0.15) is 12.5 Å². The number of primary amides is 1. The molecule has 0 heterocycles. The fourth-order valence-electron chi connectivity index (χ4n) is 1.02. The lowest BCUT2D eigenvalue weighted by Crippen LogP contribution is -2.12. The number of nitrogens with two attached hydrogens (primary N) is 1. The fourth-order valence-corrected chi connectivity index (χ4v) is 1.02. The van der Waals surface area contributed by atoms with Crippen molar-refractivity contribution in [1.29, 1.82) is 0 Å². The van der Waals surface area contributed by atoms with Gasteiger partial charge in [0.1, 0.15) is 6.21 Å². The number of amides is 1. The van der Waals surface area contributed by atoms with Crippen LogP contribution in [0.5, 0.6) is 5.75 Å². The molecule has 1 aromatic rings. The maximum absolute atomic E-state index is 10.3. The molecule has 0 atom stereocenters. The number of para-hydroxylation sites is 1. The second-order valence-corrected chi connectivity index (χ2v) is 2.69. The molecule has 1 rings (SSSR count). The summed E-state index contributed by atoms with van der Waals surface area (Å²) in [7, 11) is 0. The van der Waals surface area contributed by atoms with Crippen LogP contribution in [0.2, 0.25) is 0 Å². The number of hydrogen-bond acceptors (Lipinski definition) is 3. The van der Waals surface area contributed by atoms with Gasteiger partial charge in [0, 0.05) is 0 Å². The van der Waals surface area contributed by atoms with E-state index in [-0.39, 0.29) is 0 Å². The van der Waals surface area contributed by atoms with Gasteiger partial charge < -0.3 is 10.6 Å². The third kappa shape index (κ3) is 2.90. The van der Waals surface area contributed by atoms with Gasteiger partial charge in [0.15, 0.2) is 5.75 Å². The number of carbonyl (C=O) groups is 1. The zero-order valence-corrected chi connectivity index (χ0v) is 7.93. The van der Waals surface area contributed by atoms with E-state index in [4.69, 9.17) is 10.6 Å². The van der Waals surface area contributed by atoms with Crippen molar-refractivity contribution in [2.45, 2.75) is 13.3 Å². The molecule has 0 spiro atoms. The number of benzene rings is 1. The number of oxime groups is 1. The Morgan fingerprint density at radius 1 is 1.57 bits per heavy atom. The molecule has 0 fully saturated rings. The van der Waals surface area contributed by atoms with Gasteiger partial charge in [0.05, 0.1) is 0 Å². The van der Waals surface area contributed by atoms with Crippen LogP contribution in [0.4, 0.5) is 0 Å². The van der Waals surface area contributed by atoms with Crippen molar-refractivity contribution >= 4 is 12.1 Å². The Morgan fingerprint density at radius 3 is 2.93 bits per heavy atom. The number of carbonyl (C=O) groups excluding carboxylic acids is 1. The molecule has 4 heteroatoms. The highest BCUT2D eigenvalue weighted by molar-refractivity contribution is 6.25. The minimum atomic E-state index is -0.626. The van der Waals surface area contributed by atoms with E-state index >= 15 is 0 Å².